The zero-order chi connectivity index (χ0) is 9.42. The van der Waals surface area contributed by atoms with Crippen LogP contribution < -0.4 is 0 Å². The monoisotopic (exact) mass is 172 g/mol. The molecule has 1 aromatic carbocycles. The van der Waals surface area contributed by atoms with E-state index in [1.165, 1.54) is 6.08 Å². The summed E-state index contributed by atoms with van der Waals surface area (Å²) in [7, 11) is 0. The number of carbonyl (C=O) groups excluding carboxylic acids is 2. The van der Waals surface area contributed by atoms with Crippen LogP contribution in [0, 0.1) is 6.92 Å². The summed E-state index contributed by atoms with van der Waals surface area (Å²) in [4.78, 5) is 22.5. The molecule has 2 heteroatoms. The van der Waals surface area contributed by atoms with Crippen molar-refractivity contribution >= 4 is 17.6 Å². The summed E-state index contributed by atoms with van der Waals surface area (Å²) in [6, 6.07) is 5.55. The van der Waals surface area contributed by atoms with Crippen molar-refractivity contribution < 1.29 is 9.59 Å². The minimum absolute atomic E-state index is 0.393. The maximum Gasteiger partial charge on any atom is 0.233 e. The second-order valence-electron chi connectivity index (χ2n) is 3.07. The van der Waals surface area contributed by atoms with Gasteiger partial charge in [0.25, 0.3) is 0 Å². The van der Waals surface area contributed by atoms with Crippen LogP contribution in [-0.4, -0.2) is 11.6 Å². The molecule has 1 aliphatic carbocycles. The molecule has 0 aliphatic heterocycles. The fourth-order valence-electron chi connectivity index (χ4n) is 1.50. The second kappa shape index (κ2) is 2.66. The number of ketones is 2. The molecule has 0 saturated carbocycles. The van der Waals surface area contributed by atoms with E-state index in [9.17, 15) is 9.59 Å². The Morgan fingerprint density at radius 3 is 2.62 bits per heavy atom. The molecule has 0 radical (unpaired) electrons. The van der Waals surface area contributed by atoms with Crippen LogP contribution in [0.2, 0.25) is 0 Å². The van der Waals surface area contributed by atoms with E-state index < -0.39 is 11.6 Å². The van der Waals surface area contributed by atoms with Crippen molar-refractivity contribution in [1.29, 1.82) is 0 Å². The molecule has 0 fully saturated rings. The molecule has 0 heterocycles. The molecule has 0 bridgehead atoms. The Bertz CT molecular complexity index is 428. The van der Waals surface area contributed by atoms with Crippen LogP contribution in [0.1, 0.15) is 21.5 Å². The molecule has 64 valence electrons. The number of rotatable bonds is 0. The van der Waals surface area contributed by atoms with Crippen molar-refractivity contribution in [3.63, 3.8) is 0 Å². The van der Waals surface area contributed by atoms with Gasteiger partial charge in [0, 0.05) is 5.56 Å². The zero-order valence-corrected chi connectivity index (χ0v) is 7.20. The highest BCUT2D eigenvalue weighted by Crippen LogP contribution is 2.20. The SMILES string of the molecule is Cc1cccc2c1C(=O)C(=O)C=C2. The fourth-order valence-corrected chi connectivity index (χ4v) is 1.50. The van der Waals surface area contributed by atoms with E-state index in [1.807, 2.05) is 25.1 Å². The summed E-state index contributed by atoms with van der Waals surface area (Å²) in [5, 5.41) is 0. The molecule has 0 saturated heterocycles. The van der Waals surface area contributed by atoms with Gasteiger partial charge in [0.15, 0.2) is 0 Å². The van der Waals surface area contributed by atoms with Gasteiger partial charge in [0.1, 0.15) is 0 Å². The maximum absolute atomic E-state index is 11.4. The van der Waals surface area contributed by atoms with Gasteiger partial charge in [-0.05, 0) is 24.1 Å². The number of aryl methyl sites for hydroxylation is 1. The molecule has 0 atom stereocenters. The van der Waals surface area contributed by atoms with Gasteiger partial charge in [-0.1, -0.05) is 24.3 Å². The first-order chi connectivity index (χ1) is 6.20. The van der Waals surface area contributed by atoms with Crippen molar-refractivity contribution in [1.82, 2.24) is 0 Å². The first-order valence-corrected chi connectivity index (χ1v) is 4.06. The highest BCUT2D eigenvalue weighted by atomic mass is 16.2. The van der Waals surface area contributed by atoms with Crippen LogP contribution in [0.15, 0.2) is 24.3 Å². The Morgan fingerprint density at radius 1 is 1.08 bits per heavy atom. The summed E-state index contributed by atoms with van der Waals surface area (Å²) >= 11 is 0. The first kappa shape index (κ1) is 7.92. The van der Waals surface area contributed by atoms with Gasteiger partial charge in [-0.2, -0.15) is 0 Å². The summed E-state index contributed by atoms with van der Waals surface area (Å²) in [5.41, 5.74) is 2.25. The maximum atomic E-state index is 11.4. The molecular formula is C11H8O2. The van der Waals surface area contributed by atoms with Crippen molar-refractivity contribution in [3.8, 4) is 0 Å². The molecule has 2 rings (SSSR count). The fraction of sp³-hybridized carbons (Fsp3) is 0.0909. The Hall–Kier alpha value is -1.70. The third kappa shape index (κ3) is 1.11. The van der Waals surface area contributed by atoms with Gasteiger partial charge in [-0.25, -0.2) is 0 Å². The average molecular weight is 172 g/mol. The van der Waals surface area contributed by atoms with Crippen LogP contribution in [0.25, 0.3) is 6.08 Å². The van der Waals surface area contributed by atoms with E-state index in [-0.39, 0.29) is 0 Å². The van der Waals surface area contributed by atoms with Gasteiger partial charge in [0.2, 0.25) is 11.6 Å². The quantitative estimate of drug-likeness (QED) is 0.559. The molecule has 0 aromatic heterocycles. The molecule has 0 N–H and O–H groups in total. The zero-order valence-electron chi connectivity index (χ0n) is 7.20. The molecule has 0 spiro atoms. The Balaban J connectivity index is 2.74. The van der Waals surface area contributed by atoms with Crippen LogP contribution in [0.3, 0.4) is 0 Å². The minimum atomic E-state index is -0.429. The van der Waals surface area contributed by atoms with Crippen LogP contribution in [0.4, 0.5) is 0 Å². The van der Waals surface area contributed by atoms with Crippen molar-refractivity contribution in [2.24, 2.45) is 0 Å². The molecular weight excluding hydrogens is 164 g/mol. The molecule has 1 aliphatic rings. The van der Waals surface area contributed by atoms with Gasteiger partial charge < -0.3 is 0 Å². The number of hydrogen-bond acceptors (Lipinski definition) is 2. The molecule has 0 amide bonds. The third-order valence-electron chi connectivity index (χ3n) is 2.17. The number of carbonyl (C=O) groups is 2. The molecule has 1 aromatic rings. The summed E-state index contributed by atoms with van der Waals surface area (Å²) in [6.07, 6.45) is 3.01. The van der Waals surface area contributed by atoms with Gasteiger partial charge >= 0.3 is 0 Å². The van der Waals surface area contributed by atoms with Crippen molar-refractivity contribution in [2.45, 2.75) is 6.92 Å². The largest absolute Gasteiger partial charge is 0.286 e. The van der Waals surface area contributed by atoms with E-state index in [0.717, 1.165) is 11.1 Å². The number of fused-ring (bicyclic) bond motifs is 1. The Kier molecular flexibility index (Phi) is 1.62. The van der Waals surface area contributed by atoms with Crippen LogP contribution in [0.5, 0.6) is 0 Å². The normalized spacial score (nSPS) is 14.5. The number of Topliss-reactive ketones (excluding diaryl/α,β-unsaturated/α-hetero) is 1. The molecule has 2 nitrogen and oxygen atoms in total. The lowest BCUT2D eigenvalue weighted by Gasteiger charge is -2.10. The smallest absolute Gasteiger partial charge is 0.233 e. The van der Waals surface area contributed by atoms with E-state index >= 15 is 0 Å². The average Bonchev–Trinajstić information content (AvgIpc) is 2.12. The first-order valence-electron chi connectivity index (χ1n) is 4.06. The van der Waals surface area contributed by atoms with E-state index in [1.54, 1.807) is 6.08 Å². The number of allylic oxidation sites excluding steroid dienone is 1. The predicted molar refractivity (Wildman–Crippen MR) is 49.6 cm³/mol. The summed E-state index contributed by atoms with van der Waals surface area (Å²) in [6.45, 7) is 1.84. The summed E-state index contributed by atoms with van der Waals surface area (Å²) < 4.78 is 0. The van der Waals surface area contributed by atoms with Crippen molar-refractivity contribution in [2.75, 3.05) is 0 Å². The van der Waals surface area contributed by atoms with Crippen LogP contribution in [-0.2, 0) is 4.79 Å². The summed E-state index contributed by atoms with van der Waals surface area (Å²) in [5.74, 6) is -0.822. The predicted octanol–water partition coefficient (Wildman–Crippen LogP) is 1.77. The van der Waals surface area contributed by atoms with Gasteiger partial charge in [0.05, 0.1) is 0 Å². The topological polar surface area (TPSA) is 34.1 Å². The lowest BCUT2D eigenvalue weighted by Crippen LogP contribution is -2.17. The standard InChI is InChI=1S/C11H8O2/c1-7-3-2-4-8-5-6-9(12)11(13)10(7)8/h2-6H,1H3. The Labute approximate surface area is 75.9 Å². The van der Waals surface area contributed by atoms with Gasteiger partial charge in [-0.3, -0.25) is 9.59 Å². The van der Waals surface area contributed by atoms with E-state index in [4.69, 9.17) is 0 Å². The number of hydrogen-bond donors (Lipinski definition) is 0. The Morgan fingerprint density at radius 2 is 1.85 bits per heavy atom. The molecule has 13 heavy (non-hydrogen) atoms. The van der Waals surface area contributed by atoms with E-state index in [0.29, 0.717) is 5.56 Å². The third-order valence-corrected chi connectivity index (χ3v) is 2.17. The second-order valence-corrected chi connectivity index (χ2v) is 3.07. The molecule has 0 unspecified atom stereocenters. The van der Waals surface area contributed by atoms with Crippen molar-refractivity contribution in [3.05, 3.63) is 41.0 Å². The highest BCUT2D eigenvalue weighted by Gasteiger charge is 2.21. The number of benzene rings is 1. The lowest BCUT2D eigenvalue weighted by atomic mass is 9.92. The lowest BCUT2D eigenvalue weighted by molar-refractivity contribution is -0.110. The van der Waals surface area contributed by atoms with E-state index in [2.05, 4.69) is 0 Å². The van der Waals surface area contributed by atoms with Crippen LogP contribution >= 0.6 is 0 Å². The highest BCUT2D eigenvalue weighted by molar-refractivity contribution is 6.50. The van der Waals surface area contributed by atoms with Gasteiger partial charge in [-0.15, -0.1) is 0 Å². The minimum Gasteiger partial charge on any atom is -0.286 e.